The number of ether oxygens (including phenoxy) is 2. The van der Waals surface area contributed by atoms with E-state index in [1.165, 1.54) is 16.5 Å². The van der Waals surface area contributed by atoms with Gasteiger partial charge in [-0.2, -0.15) is 0 Å². The number of carbonyl (C=O) groups excluding carboxylic acids is 1. The van der Waals surface area contributed by atoms with E-state index in [1.54, 1.807) is 0 Å². The number of carbonyl (C=O) groups is 1. The Morgan fingerprint density at radius 3 is 2.73 bits per heavy atom. The van der Waals surface area contributed by atoms with Crippen LogP contribution < -0.4 is 5.32 Å². The number of para-hydroxylation sites is 1. The SMILES string of the molecule is O=C(CCNCCc1c[nH]c2ccccc12)N1CCC2(CC1)OCCO2. The van der Waals surface area contributed by atoms with Crippen molar-refractivity contribution in [1.82, 2.24) is 15.2 Å². The van der Waals surface area contributed by atoms with Crippen molar-refractivity contribution in [1.29, 1.82) is 0 Å². The lowest BCUT2D eigenvalue weighted by molar-refractivity contribution is -0.187. The van der Waals surface area contributed by atoms with Gasteiger partial charge in [0.25, 0.3) is 0 Å². The molecular weight excluding hydrogens is 330 g/mol. The number of aromatic amines is 1. The molecule has 4 rings (SSSR count). The van der Waals surface area contributed by atoms with Gasteiger partial charge in [-0.15, -0.1) is 0 Å². The lowest BCUT2D eigenvalue weighted by Crippen LogP contribution is -2.47. The highest BCUT2D eigenvalue weighted by molar-refractivity contribution is 5.83. The number of hydrogen-bond donors (Lipinski definition) is 2. The number of likely N-dealkylation sites (tertiary alicyclic amines) is 1. The third kappa shape index (κ3) is 3.77. The molecule has 0 saturated carbocycles. The normalized spacial score (nSPS) is 19.5. The van der Waals surface area contributed by atoms with Gasteiger partial charge >= 0.3 is 0 Å². The molecule has 1 aromatic carbocycles. The molecule has 1 spiro atoms. The lowest BCUT2D eigenvalue weighted by atomic mass is 10.0. The van der Waals surface area contributed by atoms with Crippen LogP contribution in [0.4, 0.5) is 0 Å². The van der Waals surface area contributed by atoms with Crippen molar-refractivity contribution >= 4 is 16.8 Å². The van der Waals surface area contributed by atoms with E-state index in [4.69, 9.17) is 9.47 Å². The second-order valence-electron chi connectivity index (χ2n) is 7.10. The number of benzene rings is 1. The van der Waals surface area contributed by atoms with Crippen LogP contribution in [0, 0.1) is 0 Å². The van der Waals surface area contributed by atoms with Crippen LogP contribution in [-0.2, 0) is 20.7 Å². The molecule has 6 nitrogen and oxygen atoms in total. The molecule has 0 aliphatic carbocycles. The van der Waals surface area contributed by atoms with Crippen molar-refractivity contribution in [2.24, 2.45) is 0 Å². The maximum Gasteiger partial charge on any atom is 0.223 e. The summed E-state index contributed by atoms with van der Waals surface area (Å²) in [5, 5.41) is 4.68. The van der Waals surface area contributed by atoms with Gasteiger partial charge in [0, 0.05) is 56.0 Å². The van der Waals surface area contributed by atoms with Crippen LogP contribution in [-0.4, -0.2) is 61.0 Å². The molecule has 0 atom stereocenters. The number of piperidine rings is 1. The van der Waals surface area contributed by atoms with Gasteiger partial charge < -0.3 is 24.7 Å². The van der Waals surface area contributed by atoms with E-state index < -0.39 is 5.79 Å². The minimum Gasteiger partial charge on any atom is -0.361 e. The average molecular weight is 357 g/mol. The number of hydrogen-bond acceptors (Lipinski definition) is 4. The van der Waals surface area contributed by atoms with Crippen molar-refractivity contribution in [3.63, 3.8) is 0 Å². The standard InChI is InChI=1S/C20H27N3O3/c24-19(23-11-7-20(8-12-23)25-13-14-26-20)6-10-21-9-5-16-15-22-18-4-2-1-3-17(16)18/h1-4,15,21-22H,5-14H2. The number of nitrogens with one attached hydrogen (secondary N) is 2. The zero-order valence-electron chi connectivity index (χ0n) is 15.1. The van der Waals surface area contributed by atoms with Crippen molar-refractivity contribution in [2.45, 2.75) is 31.5 Å². The highest BCUT2D eigenvalue weighted by Crippen LogP contribution is 2.31. The summed E-state index contributed by atoms with van der Waals surface area (Å²) in [5.41, 5.74) is 2.49. The fourth-order valence-corrected chi connectivity index (χ4v) is 3.92. The monoisotopic (exact) mass is 357 g/mol. The molecule has 26 heavy (non-hydrogen) atoms. The third-order valence-corrected chi connectivity index (χ3v) is 5.45. The van der Waals surface area contributed by atoms with Crippen molar-refractivity contribution < 1.29 is 14.3 Å². The minimum absolute atomic E-state index is 0.220. The first kappa shape index (κ1) is 17.5. The average Bonchev–Trinajstić information content (AvgIpc) is 3.29. The molecule has 2 aromatic rings. The Kier molecular flexibility index (Phi) is 5.24. The van der Waals surface area contributed by atoms with Crippen molar-refractivity contribution in [3.8, 4) is 0 Å². The highest BCUT2D eigenvalue weighted by Gasteiger charge is 2.40. The number of aromatic nitrogens is 1. The molecule has 2 aliphatic rings. The van der Waals surface area contributed by atoms with E-state index in [-0.39, 0.29) is 5.91 Å². The Bertz CT molecular complexity index is 742. The summed E-state index contributed by atoms with van der Waals surface area (Å²) in [6.07, 6.45) is 5.15. The third-order valence-electron chi connectivity index (χ3n) is 5.45. The predicted octanol–water partition coefficient (Wildman–Crippen LogP) is 2.06. The summed E-state index contributed by atoms with van der Waals surface area (Å²) in [6, 6.07) is 8.34. The fourth-order valence-electron chi connectivity index (χ4n) is 3.92. The van der Waals surface area contributed by atoms with Crippen LogP contribution in [0.2, 0.25) is 0 Å². The predicted molar refractivity (Wildman–Crippen MR) is 99.9 cm³/mol. The Balaban J connectivity index is 1.15. The maximum absolute atomic E-state index is 12.4. The molecule has 140 valence electrons. The van der Waals surface area contributed by atoms with Crippen molar-refractivity contribution in [2.75, 3.05) is 39.4 Å². The molecule has 1 amide bonds. The number of rotatable bonds is 6. The molecule has 0 bridgehead atoms. The lowest BCUT2D eigenvalue weighted by Gasteiger charge is -2.37. The van der Waals surface area contributed by atoms with Crippen LogP contribution in [0.25, 0.3) is 10.9 Å². The fraction of sp³-hybridized carbons (Fsp3) is 0.550. The van der Waals surface area contributed by atoms with E-state index in [9.17, 15) is 4.79 Å². The Morgan fingerprint density at radius 1 is 1.15 bits per heavy atom. The first-order valence-electron chi connectivity index (χ1n) is 9.57. The van der Waals surface area contributed by atoms with Gasteiger partial charge in [0.05, 0.1) is 13.2 Å². The first-order chi connectivity index (χ1) is 12.8. The largest absolute Gasteiger partial charge is 0.361 e. The summed E-state index contributed by atoms with van der Waals surface area (Å²) < 4.78 is 11.4. The topological polar surface area (TPSA) is 66.6 Å². The van der Waals surface area contributed by atoms with Crippen molar-refractivity contribution in [3.05, 3.63) is 36.0 Å². The summed E-state index contributed by atoms with van der Waals surface area (Å²) in [4.78, 5) is 17.6. The molecular formula is C20H27N3O3. The van der Waals surface area contributed by atoms with Gasteiger partial charge in [0.2, 0.25) is 5.91 Å². The smallest absolute Gasteiger partial charge is 0.223 e. The molecule has 0 radical (unpaired) electrons. The summed E-state index contributed by atoms with van der Waals surface area (Å²) in [5.74, 6) is -0.189. The Hall–Kier alpha value is -1.89. The summed E-state index contributed by atoms with van der Waals surface area (Å²) >= 11 is 0. The van der Waals surface area contributed by atoms with Gasteiger partial charge in [0.1, 0.15) is 0 Å². The number of fused-ring (bicyclic) bond motifs is 1. The van der Waals surface area contributed by atoms with Gasteiger partial charge in [0.15, 0.2) is 5.79 Å². The van der Waals surface area contributed by atoms with Crippen LogP contribution in [0.15, 0.2) is 30.5 Å². The molecule has 2 saturated heterocycles. The number of nitrogens with zero attached hydrogens (tertiary/aromatic N) is 1. The maximum atomic E-state index is 12.4. The molecule has 1 aromatic heterocycles. The van der Waals surface area contributed by atoms with E-state index in [0.29, 0.717) is 19.6 Å². The van der Waals surface area contributed by atoms with E-state index in [2.05, 4.69) is 34.7 Å². The number of amides is 1. The van der Waals surface area contributed by atoms with Gasteiger partial charge in [-0.1, -0.05) is 18.2 Å². The second kappa shape index (κ2) is 7.78. The Morgan fingerprint density at radius 2 is 1.92 bits per heavy atom. The van der Waals surface area contributed by atoms with Crippen LogP contribution in [0.1, 0.15) is 24.8 Å². The second-order valence-corrected chi connectivity index (χ2v) is 7.10. The van der Waals surface area contributed by atoms with Gasteiger partial charge in [-0.3, -0.25) is 4.79 Å². The molecule has 2 N–H and O–H groups in total. The number of H-pyrrole nitrogens is 1. The zero-order chi connectivity index (χ0) is 17.8. The van der Waals surface area contributed by atoms with E-state index in [1.807, 2.05) is 11.0 Å². The van der Waals surface area contributed by atoms with Gasteiger partial charge in [-0.05, 0) is 24.6 Å². The molecule has 6 heteroatoms. The summed E-state index contributed by atoms with van der Waals surface area (Å²) in [7, 11) is 0. The van der Waals surface area contributed by atoms with Gasteiger partial charge in [-0.25, -0.2) is 0 Å². The zero-order valence-corrected chi connectivity index (χ0v) is 15.1. The summed E-state index contributed by atoms with van der Waals surface area (Å²) in [6.45, 7) is 4.40. The van der Waals surface area contributed by atoms with Crippen LogP contribution in [0.3, 0.4) is 0 Å². The molecule has 2 aliphatic heterocycles. The van der Waals surface area contributed by atoms with E-state index >= 15 is 0 Å². The Labute approximate surface area is 153 Å². The quantitative estimate of drug-likeness (QED) is 0.777. The molecule has 3 heterocycles. The molecule has 0 unspecified atom stereocenters. The van der Waals surface area contributed by atoms with Crippen LogP contribution >= 0.6 is 0 Å². The molecule has 2 fully saturated rings. The highest BCUT2D eigenvalue weighted by atomic mass is 16.7. The first-order valence-corrected chi connectivity index (χ1v) is 9.57. The van der Waals surface area contributed by atoms with E-state index in [0.717, 1.165) is 45.4 Å². The minimum atomic E-state index is -0.408. The van der Waals surface area contributed by atoms with Crippen LogP contribution in [0.5, 0.6) is 0 Å².